The normalized spacial score (nSPS) is 20.7. The number of amidine groups is 1. The van der Waals surface area contributed by atoms with Crippen LogP contribution in [0.1, 0.15) is 19.3 Å². The molecule has 0 atom stereocenters. The number of thioether (sulfide) groups is 1. The van der Waals surface area contributed by atoms with Crippen molar-refractivity contribution in [2.24, 2.45) is 10.9 Å². The molecule has 1 saturated carbocycles. The number of aliphatic imine (C=N–C) groups is 1. The molecule has 2 N–H and O–H groups in total. The average Bonchev–Trinajstić information content (AvgIpc) is 3.09. The summed E-state index contributed by atoms with van der Waals surface area (Å²) in [4.78, 5) is 15.6. The zero-order valence-electron chi connectivity index (χ0n) is 8.79. The second kappa shape index (κ2) is 5.39. The van der Waals surface area contributed by atoms with Crippen molar-refractivity contribution >= 4 is 22.8 Å². The Morgan fingerprint density at radius 3 is 3.00 bits per heavy atom. The van der Waals surface area contributed by atoms with Gasteiger partial charge in [-0.1, -0.05) is 11.8 Å². The Labute approximate surface area is 94.3 Å². The summed E-state index contributed by atoms with van der Waals surface area (Å²) in [5, 5.41) is 7.18. The first-order valence-electron chi connectivity index (χ1n) is 5.55. The molecule has 84 valence electrons. The number of carbonyl (C=O) groups excluding carboxylic acids is 1. The number of rotatable bonds is 4. The topological polar surface area (TPSA) is 53.5 Å². The first-order chi connectivity index (χ1) is 7.36. The summed E-state index contributed by atoms with van der Waals surface area (Å²) in [5.74, 6) is 1.68. The van der Waals surface area contributed by atoms with Crippen LogP contribution >= 0.6 is 11.8 Å². The molecule has 0 unspecified atom stereocenters. The molecule has 1 heterocycles. The van der Waals surface area contributed by atoms with E-state index in [0.29, 0.717) is 12.5 Å². The summed E-state index contributed by atoms with van der Waals surface area (Å²) in [5.41, 5.74) is 0. The standard InChI is InChI=1S/C10H17N3OS/c14-9(8-2-3-8)11-5-6-13-10-12-4-1-7-15-10/h8H,1-7H2,(H,11,14)(H,12,13). The fourth-order valence-electron chi connectivity index (χ4n) is 1.41. The highest BCUT2D eigenvalue weighted by atomic mass is 32.2. The molecule has 0 spiro atoms. The van der Waals surface area contributed by atoms with Crippen LogP contribution in [-0.4, -0.2) is 36.5 Å². The van der Waals surface area contributed by atoms with Crippen molar-refractivity contribution in [1.82, 2.24) is 10.6 Å². The van der Waals surface area contributed by atoms with E-state index in [1.165, 1.54) is 6.42 Å². The van der Waals surface area contributed by atoms with Crippen molar-refractivity contribution in [3.05, 3.63) is 0 Å². The Kier molecular flexibility index (Phi) is 3.88. The van der Waals surface area contributed by atoms with E-state index >= 15 is 0 Å². The first kappa shape index (κ1) is 10.8. The molecule has 0 aromatic heterocycles. The molecular weight excluding hydrogens is 210 g/mol. The summed E-state index contributed by atoms with van der Waals surface area (Å²) in [6.07, 6.45) is 3.32. The van der Waals surface area contributed by atoms with Gasteiger partial charge in [0, 0.05) is 31.3 Å². The van der Waals surface area contributed by atoms with Crippen LogP contribution in [-0.2, 0) is 4.79 Å². The van der Waals surface area contributed by atoms with Gasteiger partial charge >= 0.3 is 0 Å². The Hall–Kier alpha value is -0.710. The van der Waals surface area contributed by atoms with E-state index in [1.807, 2.05) is 0 Å². The highest BCUT2D eigenvalue weighted by molar-refractivity contribution is 8.13. The van der Waals surface area contributed by atoms with E-state index in [4.69, 9.17) is 0 Å². The fraction of sp³-hybridized carbons (Fsp3) is 0.800. The third-order valence-electron chi connectivity index (χ3n) is 2.45. The molecule has 5 heteroatoms. The van der Waals surface area contributed by atoms with Crippen LogP contribution in [0.3, 0.4) is 0 Å². The lowest BCUT2D eigenvalue weighted by molar-refractivity contribution is -0.122. The van der Waals surface area contributed by atoms with Crippen LogP contribution in [0.4, 0.5) is 0 Å². The minimum atomic E-state index is 0.218. The number of nitrogens with zero attached hydrogens (tertiary/aromatic N) is 1. The lowest BCUT2D eigenvalue weighted by Crippen LogP contribution is -2.35. The van der Waals surface area contributed by atoms with Gasteiger partial charge in [-0.15, -0.1) is 0 Å². The van der Waals surface area contributed by atoms with Gasteiger partial charge in [0.25, 0.3) is 0 Å². The lowest BCUT2D eigenvalue weighted by Gasteiger charge is -2.13. The molecule has 1 fully saturated rings. The van der Waals surface area contributed by atoms with Crippen molar-refractivity contribution in [3.63, 3.8) is 0 Å². The predicted molar refractivity (Wildman–Crippen MR) is 63.1 cm³/mol. The summed E-state index contributed by atoms with van der Waals surface area (Å²) in [6.45, 7) is 2.42. The van der Waals surface area contributed by atoms with Gasteiger partial charge in [0.2, 0.25) is 5.91 Å². The monoisotopic (exact) mass is 227 g/mol. The number of amides is 1. The third kappa shape index (κ3) is 3.74. The second-order valence-corrected chi connectivity index (χ2v) is 4.96. The van der Waals surface area contributed by atoms with Crippen LogP contribution in [0.2, 0.25) is 0 Å². The molecule has 15 heavy (non-hydrogen) atoms. The Morgan fingerprint density at radius 2 is 2.33 bits per heavy atom. The Balaban J connectivity index is 1.54. The molecule has 0 radical (unpaired) electrons. The molecule has 1 amide bonds. The van der Waals surface area contributed by atoms with Gasteiger partial charge in [-0.25, -0.2) is 0 Å². The Bertz CT molecular complexity index is 263. The first-order valence-corrected chi connectivity index (χ1v) is 6.53. The van der Waals surface area contributed by atoms with Gasteiger partial charge < -0.3 is 10.6 Å². The number of carbonyl (C=O) groups is 1. The maximum atomic E-state index is 11.3. The summed E-state index contributed by atoms with van der Waals surface area (Å²) < 4.78 is 0. The van der Waals surface area contributed by atoms with E-state index < -0.39 is 0 Å². The molecule has 0 aromatic carbocycles. The molecule has 2 aliphatic rings. The number of nitrogens with one attached hydrogen (secondary N) is 2. The summed E-state index contributed by atoms with van der Waals surface area (Å²) in [7, 11) is 0. The van der Waals surface area contributed by atoms with Gasteiger partial charge in [0.1, 0.15) is 0 Å². The van der Waals surface area contributed by atoms with Crippen LogP contribution < -0.4 is 10.6 Å². The third-order valence-corrected chi connectivity index (χ3v) is 3.48. The maximum absolute atomic E-state index is 11.3. The Morgan fingerprint density at radius 1 is 1.47 bits per heavy atom. The molecular formula is C10H17N3OS. The summed E-state index contributed by atoms with van der Waals surface area (Å²) >= 11 is 1.77. The van der Waals surface area contributed by atoms with E-state index in [1.54, 1.807) is 11.8 Å². The van der Waals surface area contributed by atoms with Gasteiger partial charge in [-0.05, 0) is 19.3 Å². The van der Waals surface area contributed by atoms with Crippen LogP contribution in [0.5, 0.6) is 0 Å². The van der Waals surface area contributed by atoms with Crippen molar-refractivity contribution in [2.45, 2.75) is 19.3 Å². The minimum Gasteiger partial charge on any atom is -0.363 e. The maximum Gasteiger partial charge on any atom is 0.223 e. The quantitative estimate of drug-likeness (QED) is 0.691. The van der Waals surface area contributed by atoms with Crippen molar-refractivity contribution in [1.29, 1.82) is 0 Å². The smallest absolute Gasteiger partial charge is 0.223 e. The predicted octanol–water partition coefficient (Wildman–Crippen LogP) is 0.595. The van der Waals surface area contributed by atoms with Crippen molar-refractivity contribution in [2.75, 3.05) is 25.4 Å². The summed E-state index contributed by atoms with van der Waals surface area (Å²) in [6, 6.07) is 0. The molecule has 0 saturated heterocycles. The van der Waals surface area contributed by atoms with Crippen LogP contribution in [0, 0.1) is 5.92 Å². The van der Waals surface area contributed by atoms with E-state index in [2.05, 4.69) is 15.6 Å². The van der Waals surface area contributed by atoms with Crippen molar-refractivity contribution < 1.29 is 4.79 Å². The number of hydrogen-bond acceptors (Lipinski definition) is 4. The van der Waals surface area contributed by atoms with Gasteiger partial charge in [0.05, 0.1) is 0 Å². The molecule has 0 aromatic rings. The van der Waals surface area contributed by atoms with Gasteiger partial charge in [-0.3, -0.25) is 9.79 Å². The SMILES string of the molecule is O=C(NCCNC1=NCCCS1)C1CC1. The molecule has 4 nitrogen and oxygen atoms in total. The zero-order valence-corrected chi connectivity index (χ0v) is 9.61. The van der Waals surface area contributed by atoms with Gasteiger partial charge in [-0.2, -0.15) is 0 Å². The zero-order chi connectivity index (χ0) is 10.5. The largest absolute Gasteiger partial charge is 0.363 e. The fourth-order valence-corrected chi connectivity index (χ4v) is 2.27. The highest BCUT2D eigenvalue weighted by Gasteiger charge is 2.28. The van der Waals surface area contributed by atoms with Crippen LogP contribution in [0.25, 0.3) is 0 Å². The minimum absolute atomic E-state index is 0.218. The second-order valence-electron chi connectivity index (χ2n) is 3.88. The molecule has 2 rings (SSSR count). The lowest BCUT2D eigenvalue weighted by atomic mass is 10.4. The number of hydrogen-bond donors (Lipinski definition) is 2. The van der Waals surface area contributed by atoms with E-state index in [9.17, 15) is 4.79 Å². The average molecular weight is 227 g/mol. The van der Waals surface area contributed by atoms with Crippen LogP contribution in [0.15, 0.2) is 4.99 Å². The van der Waals surface area contributed by atoms with Gasteiger partial charge in [0.15, 0.2) is 5.17 Å². The molecule has 1 aliphatic heterocycles. The molecule has 1 aliphatic carbocycles. The van der Waals surface area contributed by atoms with Crippen molar-refractivity contribution in [3.8, 4) is 0 Å². The van der Waals surface area contributed by atoms with E-state index in [-0.39, 0.29) is 5.91 Å². The highest BCUT2D eigenvalue weighted by Crippen LogP contribution is 2.28. The van der Waals surface area contributed by atoms with E-state index in [0.717, 1.165) is 36.9 Å². The molecule has 0 bridgehead atoms.